The number of nitrogens with zero attached hydrogens (tertiary/aromatic N) is 5. The summed E-state index contributed by atoms with van der Waals surface area (Å²) in [5.41, 5.74) is 8.62. The highest BCUT2D eigenvalue weighted by Crippen LogP contribution is 2.36. The monoisotopic (exact) mass is 447 g/mol. The van der Waals surface area contributed by atoms with Crippen LogP contribution in [0.1, 0.15) is 23.0 Å². The second-order valence-corrected chi connectivity index (χ2v) is 8.67. The van der Waals surface area contributed by atoms with E-state index in [-0.39, 0.29) is 0 Å². The number of aryl methyl sites for hydroxylation is 1. The third kappa shape index (κ3) is 4.00. The van der Waals surface area contributed by atoms with Crippen molar-refractivity contribution in [3.63, 3.8) is 0 Å². The normalized spacial score (nSPS) is 17.0. The number of fused-ring (bicyclic) bond motifs is 1. The summed E-state index contributed by atoms with van der Waals surface area (Å²) in [6, 6.07) is 17.1. The molecule has 168 valence electrons. The van der Waals surface area contributed by atoms with Crippen LogP contribution in [0.3, 0.4) is 0 Å². The van der Waals surface area contributed by atoms with Gasteiger partial charge < -0.3 is 10.6 Å². The van der Waals surface area contributed by atoms with Crippen molar-refractivity contribution in [3.8, 4) is 33.9 Å². The van der Waals surface area contributed by atoms with Gasteiger partial charge in [0.15, 0.2) is 5.82 Å². The van der Waals surface area contributed by atoms with Gasteiger partial charge in [-0.25, -0.2) is 15.0 Å². The van der Waals surface area contributed by atoms with Crippen LogP contribution >= 0.6 is 0 Å². The number of benzene rings is 1. The molecule has 0 radical (unpaired) electrons. The number of aromatic nitrogens is 4. The summed E-state index contributed by atoms with van der Waals surface area (Å²) in [6.45, 7) is 4.93. The molecule has 6 rings (SSSR count). The van der Waals surface area contributed by atoms with Gasteiger partial charge in [0.2, 0.25) is 0 Å². The van der Waals surface area contributed by atoms with Crippen LogP contribution in [0.5, 0.6) is 0 Å². The molecule has 7 nitrogen and oxygen atoms in total. The van der Waals surface area contributed by atoms with Crippen LogP contribution in [-0.4, -0.2) is 45.8 Å². The first-order valence-electron chi connectivity index (χ1n) is 11.6. The van der Waals surface area contributed by atoms with Gasteiger partial charge in [0, 0.05) is 67.5 Å². The average Bonchev–Trinajstić information content (AvgIpc) is 3.38. The minimum Gasteiger partial charge on any atom is -0.314 e. The summed E-state index contributed by atoms with van der Waals surface area (Å²) in [5, 5.41) is 7.01. The summed E-state index contributed by atoms with van der Waals surface area (Å²) >= 11 is 0. The van der Waals surface area contributed by atoms with E-state index in [0.717, 1.165) is 64.8 Å². The lowest BCUT2D eigenvalue weighted by Crippen LogP contribution is -2.42. The Labute approximate surface area is 198 Å². The Balaban J connectivity index is 1.37. The SMILES string of the molecule is Cc1cccc(-c2nc3c(c(-c4cncc(-c5ccc(C6CNCCN6)cc5)c4)n2)N=CC3)n1. The van der Waals surface area contributed by atoms with Gasteiger partial charge in [-0.2, -0.15) is 0 Å². The van der Waals surface area contributed by atoms with Crippen molar-refractivity contribution in [1.82, 2.24) is 30.6 Å². The van der Waals surface area contributed by atoms with Gasteiger partial charge in [0.05, 0.1) is 5.69 Å². The van der Waals surface area contributed by atoms with Gasteiger partial charge in [0.25, 0.3) is 0 Å². The fourth-order valence-electron chi connectivity index (χ4n) is 4.51. The molecular formula is C27H25N7. The smallest absolute Gasteiger partial charge is 0.179 e. The second kappa shape index (κ2) is 8.85. The van der Waals surface area contributed by atoms with E-state index < -0.39 is 0 Å². The lowest BCUT2D eigenvalue weighted by atomic mass is 9.99. The molecule has 1 aromatic carbocycles. The molecule has 1 atom stereocenters. The number of aliphatic imine (C=N–C) groups is 1. The van der Waals surface area contributed by atoms with Crippen LogP contribution in [-0.2, 0) is 6.42 Å². The van der Waals surface area contributed by atoms with E-state index in [4.69, 9.17) is 9.97 Å². The molecule has 2 aliphatic rings. The first kappa shape index (κ1) is 20.8. The summed E-state index contributed by atoms with van der Waals surface area (Å²) in [7, 11) is 0. The standard InChI is InChI=1S/C27H25N7/c1-17-3-2-4-23(32-17)27-33-22-9-10-31-26(22)25(34-27)21-13-20(14-29-15-21)18-5-7-19(8-6-18)24-16-28-11-12-30-24/h2-8,10,13-15,24,28,30H,9,11-12,16H2,1H3. The van der Waals surface area contributed by atoms with E-state index in [9.17, 15) is 0 Å². The van der Waals surface area contributed by atoms with Crippen molar-refractivity contribution in [2.45, 2.75) is 19.4 Å². The predicted octanol–water partition coefficient (Wildman–Crippen LogP) is 4.07. The van der Waals surface area contributed by atoms with E-state index in [2.05, 4.69) is 55.9 Å². The Kier molecular flexibility index (Phi) is 5.41. The predicted molar refractivity (Wildman–Crippen MR) is 134 cm³/mol. The van der Waals surface area contributed by atoms with Crippen molar-refractivity contribution < 1.29 is 0 Å². The highest BCUT2D eigenvalue weighted by Gasteiger charge is 2.20. The van der Waals surface area contributed by atoms with E-state index >= 15 is 0 Å². The number of nitrogens with one attached hydrogen (secondary N) is 2. The number of hydrogen-bond donors (Lipinski definition) is 2. The molecule has 0 bridgehead atoms. The largest absolute Gasteiger partial charge is 0.314 e. The summed E-state index contributed by atoms with van der Waals surface area (Å²) < 4.78 is 0. The summed E-state index contributed by atoms with van der Waals surface area (Å²) in [4.78, 5) is 23.4. The van der Waals surface area contributed by atoms with Gasteiger partial charge in [-0.3, -0.25) is 9.98 Å². The van der Waals surface area contributed by atoms with Gasteiger partial charge in [-0.05, 0) is 36.2 Å². The van der Waals surface area contributed by atoms with Crippen LogP contribution in [0, 0.1) is 6.92 Å². The molecular weight excluding hydrogens is 422 g/mol. The number of pyridine rings is 2. The van der Waals surface area contributed by atoms with Gasteiger partial charge in [-0.15, -0.1) is 0 Å². The molecule has 34 heavy (non-hydrogen) atoms. The zero-order valence-electron chi connectivity index (χ0n) is 19.0. The zero-order chi connectivity index (χ0) is 22.9. The molecule has 2 aliphatic heterocycles. The Hall–Kier alpha value is -3.81. The van der Waals surface area contributed by atoms with Crippen molar-refractivity contribution in [2.24, 2.45) is 4.99 Å². The molecule has 1 unspecified atom stereocenters. The Morgan fingerprint density at radius 2 is 1.76 bits per heavy atom. The van der Waals surface area contributed by atoms with E-state index in [0.29, 0.717) is 18.3 Å². The second-order valence-electron chi connectivity index (χ2n) is 8.67. The van der Waals surface area contributed by atoms with Gasteiger partial charge in [0.1, 0.15) is 17.1 Å². The van der Waals surface area contributed by atoms with Crippen LogP contribution in [0.4, 0.5) is 5.69 Å². The fraction of sp³-hybridized carbons (Fsp3) is 0.222. The molecule has 0 aliphatic carbocycles. The minimum absolute atomic E-state index is 0.349. The van der Waals surface area contributed by atoms with E-state index in [1.54, 1.807) is 0 Å². The molecule has 3 aromatic heterocycles. The zero-order valence-corrected chi connectivity index (χ0v) is 19.0. The Morgan fingerprint density at radius 3 is 2.59 bits per heavy atom. The summed E-state index contributed by atoms with van der Waals surface area (Å²) in [6.07, 6.45) is 6.33. The molecule has 0 amide bonds. The average molecular weight is 448 g/mol. The lowest BCUT2D eigenvalue weighted by Gasteiger charge is -2.25. The van der Waals surface area contributed by atoms with Crippen molar-refractivity contribution >= 4 is 11.9 Å². The van der Waals surface area contributed by atoms with E-state index in [1.807, 2.05) is 43.7 Å². The third-order valence-corrected chi connectivity index (χ3v) is 6.28. The molecule has 7 heteroatoms. The van der Waals surface area contributed by atoms with Gasteiger partial charge >= 0.3 is 0 Å². The number of rotatable bonds is 4. The van der Waals surface area contributed by atoms with Crippen molar-refractivity contribution in [1.29, 1.82) is 0 Å². The third-order valence-electron chi connectivity index (χ3n) is 6.28. The van der Waals surface area contributed by atoms with Crippen molar-refractivity contribution in [3.05, 3.63) is 77.9 Å². The molecule has 0 spiro atoms. The first-order valence-corrected chi connectivity index (χ1v) is 11.6. The number of hydrogen-bond acceptors (Lipinski definition) is 7. The minimum atomic E-state index is 0.349. The number of piperazine rings is 1. The highest BCUT2D eigenvalue weighted by atomic mass is 15.1. The molecule has 0 saturated carbocycles. The topological polar surface area (TPSA) is 88.0 Å². The Bertz CT molecular complexity index is 1370. The maximum atomic E-state index is 4.89. The quantitative estimate of drug-likeness (QED) is 0.490. The van der Waals surface area contributed by atoms with E-state index in [1.165, 1.54) is 5.56 Å². The maximum Gasteiger partial charge on any atom is 0.179 e. The molecule has 4 aromatic rings. The van der Waals surface area contributed by atoms with Crippen LogP contribution in [0.15, 0.2) is 65.9 Å². The van der Waals surface area contributed by atoms with Crippen LogP contribution in [0.2, 0.25) is 0 Å². The maximum absolute atomic E-state index is 4.89. The lowest BCUT2D eigenvalue weighted by molar-refractivity contribution is 0.430. The molecule has 5 heterocycles. The van der Waals surface area contributed by atoms with Crippen LogP contribution < -0.4 is 10.6 Å². The molecule has 2 N–H and O–H groups in total. The van der Waals surface area contributed by atoms with Crippen molar-refractivity contribution in [2.75, 3.05) is 19.6 Å². The van der Waals surface area contributed by atoms with Crippen LogP contribution in [0.25, 0.3) is 33.9 Å². The summed E-state index contributed by atoms with van der Waals surface area (Å²) in [5.74, 6) is 0.617. The Morgan fingerprint density at radius 1 is 0.882 bits per heavy atom. The highest BCUT2D eigenvalue weighted by molar-refractivity contribution is 5.85. The fourth-order valence-corrected chi connectivity index (χ4v) is 4.51. The molecule has 1 fully saturated rings. The molecule has 1 saturated heterocycles. The van der Waals surface area contributed by atoms with Gasteiger partial charge in [-0.1, -0.05) is 30.3 Å². The first-order chi connectivity index (χ1) is 16.7.